The summed E-state index contributed by atoms with van der Waals surface area (Å²) >= 11 is 0. The van der Waals surface area contributed by atoms with E-state index in [-0.39, 0.29) is 34.9 Å². The molecule has 0 N–H and O–H groups in total. The third kappa shape index (κ3) is 1.84. The third-order valence-corrected chi connectivity index (χ3v) is 13.6. The van der Waals surface area contributed by atoms with Gasteiger partial charge in [0.1, 0.15) is 8.07 Å². The van der Waals surface area contributed by atoms with Crippen LogP contribution in [0.2, 0.25) is 11.1 Å². The maximum atomic E-state index is 12.8. The molecule has 2 aromatic carbocycles. The lowest BCUT2D eigenvalue weighted by Crippen LogP contribution is -2.61. The van der Waals surface area contributed by atoms with E-state index in [1.807, 2.05) is 0 Å². The number of carbonyl (C=O) groups excluding carboxylic acids is 2. The van der Waals surface area contributed by atoms with Gasteiger partial charge in [0, 0.05) is 0 Å². The zero-order chi connectivity index (χ0) is 18.9. The first-order chi connectivity index (χ1) is 13.7. The average molecular weight is 387 g/mol. The van der Waals surface area contributed by atoms with Gasteiger partial charge in [-0.2, -0.15) is 0 Å². The van der Waals surface area contributed by atoms with Crippen LogP contribution in [0.4, 0.5) is 0 Å². The van der Waals surface area contributed by atoms with Crippen molar-refractivity contribution < 1.29 is 14.3 Å². The van der Waals surface area contributed by atoms with E-state index in [0.29, 0.717) is 0 Å². The number of hydrogen-bond donors (Lipinski definition) is 0. The Morgan fingerprint density at radius 3 is 1.54 bits per heavy atom. The summed E-state index contributed by atoms with van der Waals surface area (Å²) in [5.74, 6) is -1.10. The second-order valence-electron chi connectivity index (χ2n) is 8.61. The highest BCUT2D eigenvalue weighted by molar-refractivity contribution is 7.06. The standard InChI is InChI=1S/C24H22O3Si/c25-23-19-20(24(26)27-23)22-18-14-8-7-13-17(18)21(19)28(22,15-9-3-1-4-10-15)16-11-5-2-6-12-16/h1-6,9-12,19-22H,7-8,13-14H2/t19-,20+,21-,22+. The monoisotopic (exact) mass is 386 g/mol. The first-order valence-electron chi connectivity index (χ1n) is 10.3. The zero-order valence-electron chi connectivity index (χ0n) is 15.6. The van der Waals surface area contributed by atoms with E-state index in [0.717, 1.165) is 12.8 Å². The smallest absolute Gasteiger partial charge is 0.317 e. The van der Waals surface area contributed by atoms with Crippen molar-refractivity contribution in [3.63, 3.8) is 0 Å². The molecular weight excluding hydrogens is 364 g/mol. The van der Waals surface area contributed by atoms with Crippen LogP contribution < -0.4 is 10.4 Å². The Labute approximate surface area is 165 Å². The summed E-state index contributed by atoms with van der Waals surface area (Å²) in [4.78, 5) is 25.7. The number of cyclic esters (lactones) is 2. The minimum absolute atomic E-state index is 0.168. The fourth-order valence-corrected chi connectivity index (χ4v) is 14.2. The van der Waals surface area contributed by atoms with E-state index in [4.69, 9.17) is 4.74 Å². The van der Waals surface area contributed by atoms with E-state index in [2.05, 4.69) is 60.7 Å². The normalized spacial score (nSPS) is 32.3. The molecule has 0 amide bonds. The predicted molar refractivity (Wildman–Crippen MR) is 109 cm³/mol. The molecule has 4 heteroatoms. The largest absolute Gasteiger partial charge is 0.393 e. The predicted octanol–water partition coefficient (Wildman–Crippen LogP) is 3.20. The Morgan fingerprint density at radius 2 is 1.11 bits per heavy atom. The number of benzene rings is 2. The van der Waals surface area contributed by atoms with Crippen LogP contribution in [0.15, 0.2) is 71.8 Å². The van der Waals surface area contributed by atoms with Crippen molar-refractivity contribution in [1.29, 1.82) is 0 Å². The molecule has 2 bridgehead atoms. The Balaban J connectivity index is 1.69. The highest BCUT2D eigenvalue weighted by Gasteiger charge is 2.75. The Morgan fingerprint density at radius 1 is 0.679 bits per heavy atom. The first kappa shape index (κ1) is 16.5. The lowest BCUT2D eigenvalue weighted by Gasteiger charge is -2.36. The van der Waals surface area contributed by atoms with Crippen molar-refractivity contribution in [1.82, 2.24) is 0 Å². The van der Waals surface area contributed by atoms with Gasteiger partial charge in [-0.15, -0.1) is 0 Å². The van der Waals surface area contributed by atoms with E-state index in [1.165, 1.54) is 34.4 Å². The summed E-state index contributed by atoms with van der Waals surface area (Å²) in [6.45, 7) is 0. The van der Waals surface area contributed by atoms with Crippen molar-refractivity contribution in [3.8, 4) is 0 Å². The molecule has 1 aliphatic carbocycles. The molecule has 3 aliphatic heterocycles. The summed E-state index contributed by atoms with van der Waals surface area (Å²) in [6.07, 6.45) is 4.54. The number of carbonyl (C=O) groups is 2. The summed E-state index contributed by atoms with van der Waals surface area (Å²) in [7, 11) is -2.38. The Hall–Kier alpha value is -2.46. The number of hydrogen-bond acceptors (Lipinski definition) is 3. The molecule has 3 nitrogen and oxygen atoms in total. The second kappa shape index (κ2) is 5.77. The number of fused-ring (bicyclic) bond motifs is 7. The van der Waals surface area contributed by atoms with Gasteiger partial charge in [-0.05, 0) is 36.8 Å². The van der Waals surface area contributed by atoms with Crippen LogP contribution in [0.3, 0.4) is 0 Å². The molecule has 2 fully saturated rings. The van der Waals surface area contributed by atoms with Gasteiger partial charge in [0.25, 0.3) is 0 Å². The molecule has 0 saturated carbocycles. The molecule has 140 valence electrons. The van der Waals surface area contributed by atoms with Crippen LogP contribution >= 0.6 is 0 Å². The van der Waals surface area contributed by atoms with Gasteiger partial charge in [-0.3, -0.25) is 9.59 Å². The van der Waals surface area contributed by atoms with E-state index in [9.17, 15) is 9.59 Å². The van der Waals surface area contributed by atoms with Crippen LogP contribution in [-0.2, 0) is 14.3 Å². The SMILES string of the molecule is O=C1OC(=O)[C@H]2[C@@H]1[C@H]1C3=C(CCCC3)[C@@H]2[Si]1(c1ccccc1)c1ccccc1. The minimum atomic E-state index is -2.38. The van der Waals surface area contributed by atoms with Crippen molar-refractivity contribution in [2.75, 3.05) is 0 Å². The number of rotatable bonds is 2. The molecule has 0 aromatic heterocycles. The average Bonchev–Trinajstić information content (AvgIpc) is 3.33. The van der Waals surface area contributed by atoms with Crippen molar-refractivity contribution >= 4 is 30.4 Å². The highest BCUT2D eigenvalue weighted by Crippen LogP contribution is 2.70. The van der Waals surface area contributed by atoms with Crippen LogP contribution in [0.25, 0.3) is 0 Å². The quantitative estimate of drug-likeness (QED) is 0.345. The molecule has 0 spiro atoms. The minimum Gasteiger partial charge on any atom is -0.393 e. The molecule has 0 radical (unpaired) electrons. The van der Waals surface area contributed by atoms with Gasteiger partial charge >= 0.3 is 11.9 Å². The van der Waals surface area contributed by atoms with Crippen molar-refractivity contribution in [3.05, 3.63) is 71.8 Å². The summed E-state index contributed by atoms with van der Waals surface area (Å²) in [5, 5.41) is 2.72. The lowest BCUT2D eigenvalue weighted by atomic mass is 9.72. The Bertz CT molecular complexity index is 929. The summed E-state index contributed by atoms with van der Waals surface area (Å²) in [6, 6.07) is 21.5. The van der Waals surface area contributed by atoms with Crippen LogP contribution in [0.5, 0.6) is 0 Å². The molecule has 4 atom stereocenters. The molecular formula is C24H22O3Si. The van der Waals surface area contributed by atoms with Gasteiger partial charge in [0.05, 0.1) is 11.8 Å². The second-order valence-corrected chi connectivity index (χ2v) is 12.7. The van der Waals surface area contributed by atoms with Gasteiger partial charge in [-0.25, -0.2) is 0 Å². The fraction of sp³-hybridized carbons (Fsp3) is 0.333. The molecule has 2 aromatic rings. The molecule has 4 aliphatic rings. The topological polar surface area (TPSA) is 43.4 Å². The van der Waals surface area contributed by atoms with Crippen molar-refractivity contribution in [2.24, 2.45) is 11.8 Å². The lowest BCUT2D eigenvalue weighted by molar-refractivity contribution is -0.153. The third-order valence-electron chi connectivity index (χ3n) is 7.64. The first-order valence-corrected chi connectivity index (χ1v) is 12.5. The van der Waals surface area contributed by atoms with Gasteiger partial charge in [0.15, 0.2) is 0 Å². The van der Waals surface area contributed by atoms with Gasteiger partial charge < -0.3 is 4.74 Å². The van der Waals surface area contributed by atoms with E-state index >= 15 is 0 Å². The summed E-state index contributed by atoms with van der Waals surface area (Å²) in [5.41, 5.74) is 3.34. The van der Waals surface area contributed by atoms with Gasteiger partial charge in [-0.1, -0.05) is 82.2 Å². The number of allylic oxidation sites excluding steroid dienone is 2. The molecule has 3 heterocycles. The number of ether oxygens (including phenoxy) is 1. The fourth-order valence-electron chi connectivity index (χ4n) is 6.93. The maximum Gasteiger partial charge on any atom is 0.317 e. The maximum absolute atomic E-state index is 12.8. The highest BCUT2D eigenvalue weighted by atomic mass is 28.3. The van der Waals surface area contributed by atoms with E-state index in [1.54, 1.807) is 0 Å². The van der Waals surface area contributed by atoms with E-state index < -0.39 is 8.07 Å². The Kier molecular flexibility index (Phi) is 3.40. The summed E-state index contributed by atoms with van der Waals surface area (Å²) < 4.78 is 5.20. The molecule has 2 saturated heterocycles. The molecule has 6 rings (SSSR count). The molecule has 28 heavy (non-hydrogen) atoms. The number of esters is 2. The van der Waals surface area contributed by atoms with Crippen LogP contribution in [-0.4, -0.2) is 20.0 Å². The van der Waals surface area contributed by atoms with Crippen molar-refractivity contribution in [2.45, 2.75) is 36.8 Å². The molecule has 0 unspecified atom stereocenters. The zero-order valence-corrected chi connectivity index (χ0v) is 16.6. The van der Waals surface area contributed by atoms with Crippen LogP contribution in [0.1, 0.15) is 25.7 Å². The van der Waals surface area contributed by atoms with Crippen LogP contribution in [0, 0.1) is 11.8 Å². The van der Waals surface area contributed by atoms with Gasteiger partial charge in [0.2, 0.25) is 0 Å².